The molecule has 0 saturated heterocycles. The molecule has 0 N–H and O–H groups in total. The van der Waals surface area contributed by atoms with Crippen LogP contribution in [-0.2, 0) is 12.8 Å². The fourth-order valence-electron chi connectivity index (χ4n) is 1.80. The van der Waals surface area contributed by atoms with Gasteiger partial charge in [0.2, 0.25) is 0 Å². The lowest BCUT2D eigenvalue weighted by molar-refractivity contribution is 0.413. The summed E-state index contributed by atoms with van der Waals surface area (Å²) in [6.07, 6.45) is 2.17. The van der Waals surface area contributed by atoms with Gasteiger partial charge in [-0.15, -0.1) is 0 Å². The fraction of sp³-hybridized carbons (Fsp3) is 0.571. The van der Waals surface area contributed by atoms with Crippen molar-refractivity contribution >= 4 is 11.6 Å². The minimum atomic E-state index is 0.681. The van der Waals surface area contributed by atoms with E-state index in [0.717, 1.165) is 24.4 Å². The minimum absolute atomic E-state index is 0.681. The number of likely N-dealkylation sites (N-methyl/N-ethyl adjacent to an activating group) is 1. The normalized spacial score (nSPS) is 11.4. The van der Waals surface area contributed by atoms with Gasteiger partial charge in [0, 0.05) is 11.6 Å². The van der Waals surface area contributed by atoms with E-state index in [1.54, 1.807) is 0 Å². The van der Waals surface area contributed by atoms with Crippen LogP contribution in [0.1, 0.15) is 25.0 Å². The van der Waals surface area contributed by atoms with Crippen molar-refractivity contribution in [2.75, 3.05) is 20.6 Å². The highest BCUT2D eigenvalue weighted by atomic mass is 35.5. The Hall–Kier alpha value is -0.530. The molecule has 0 aliphatic carbocycles. The highest BCUT2D eigenvalue weighted by molar-refractivity contribution is 6.30. The SMILES string of the molecule is CC(C)Cc1cc(Cl)cc(CCN(C)C)c1. The monoisotopic (exact) mass is 239 g/mol. The van der Waals surface area contributed by atoms with E-state index in [1.807, 2.05) is 0 Å². The van der Waals surface area contributed by atoms with Gasteiger partial charge in [0.15, 0.2) is 0 Å². The van der Waals surface area contributed by atoms with Crippen LogP contribution < -0.4 is 0 Å². The molecule has 16 heavy (non-hydrogen) atoms. The van der Waals surface area contributed by atoms with Crippen molar-refractivity contribution in [1.82, 2.24) is 4.90 Å². The molecule has 0 heterocycles. The van der Waals surface area contributed by atoms with E-state index in [0.29, 0.717) is 5.92 Å². The van der Waals surface area contributed by atoms with E-state index in [2.05, 4.69) is 51.0 Å². The largest absolute Gasteiger partial charge is 0.309 e. The molecule has 0 saturated carbocycles. The summed E-state index contributed by atoms with van der Waals surface area (Å²) in [7, 11) is 4.19. The molecule has 1 nitrogen and oxygen atoms in total. The van der Waals surface area contributed by atoms with Gasteiger partial charge in [-0.2, -0.15) is 0 Å². The second kappa shape index (κ2) is 6.27. The topological polar surface area (TPSA) is 3.24 Å². The van der Waals surface area contributed by atoms with Gasteiger partial charge in [0.05, 0.1) is 0 Å². The number of hydrogen-bond acceptors (Lipinski definition) is 1. The first-order valence-electron chi connectivity index (χ1n) is 5.90. The van der Waals surface area contributed by atoms with Gasteiger partial charge in [0.25, 0.3) is 0 Å². The summed E-state index contributed by atoms with van der Waals surface area (Å²) < 4.78 is 0. The molecular weight excluding hydrogens is 218 g/mol. The van der Waals surface area contributed by atoms with Crippen LogP contribution in [0.25, 0.3) is 0 Å². The lowest BCUT2D eigenvalue weighted by Gasteiger charge is -2.12. The molecule has 90 valence electrons. The molecule has 0 aliphatic heterocycles. The molecule has 0 bridgehead atoms. The zero-order valence-electron chi connectivity index (χ0n) is 10.8. The van der Waals surface area contributed by atoms with Crippen LogP contribution in [0.15, 0.2) is 18.2 Å². The van der Waals surface area contributed by atoms with Gasteiger partial charge in [-0.05, 0) is 56.1 Å². The van der Waals surface area contributed by atoms with E-state index < -0.39 is 0 Å². The van der Waals surface area contributed by atoms with Crippen LogP contribution in [-0.4, -0.2) is 25.5 Å². The molecule has 0 radical (unpaired) electrons. The Morgan fingerprint density at radius 3 is 2.31 bits per heavy atom. The van der Waals surface area contributed by atoms with Crippen molar-refractivity contribution in [3.63, 3.8) is 0 Å². The second-order valence-corrected chi connectivity index (χ2v) is 5.56. The number of hydrogen-bond donors (Lipinski definition) is 0. The van der Waals surface area contributed by atoms with Crippen LogP contribution in [0.2, 0.25) is 5.02 Å². The Balaban J connectivity index is 2.73. The maximum absolute atomic E-state index is 6.14. The Labute approximate surface area is 104 Å². The average molecular weight is 240 g/mol. The molecule has 0 atom stereocenters. The van der Waals surface area contributed by atoms with E-state index in [9.17, 15) is 0 Å². The fourth-order valence-corrected chi connectivity index (χ4v) is 2.08. The van der Waals surface area contributed by atoms with E-state index in [1.165, 1.54) is 11.1 Å². The third-order valence-corrected chi connectivity index (χ3v) is 2.73. The summed E-state index contributed by atoms with van der Waals surface area (Å²) in [5.74, 6) is 0.681. The standard InChI is InChI=1S/C14H22ClN/c1-11(2)7-13-8-12(5-6-16(3)4)9-14(15)10-13/h8-11H,5-7H2,1-4H3. The number of nitrogens with zero attached hydrogens (tertiary/aromatic N) is 1. The Morgan fingerprint density at radius 2 is 1.75 bits per heavy atom. The van der Waals surface area contributed by atoms with E-state index in [4.69, 9.17) is 11.6 Å². The van der Waals surface area contributed by atoms with Crippen LogP contribution in [0.4, 0.5) is 0 Å². The van der Waals surface area contributed by atoms with Gasteiger partial charge in [0.1, 0.15) is 0 Å². The molecule has 2 heteroatoms. The van der Waals surface area contributed by atoms with Crippen molar-refractivity contribution in [3.8, 4) is 0 Å². The van der Waals surface area contributed by atoms with Crippen LogP contribution in [0.3, 0.4) is 0 Å². The molecule has 1 rings (SSSR count). The van der Waals surface area contributed by atoms with Gasteiger partial charge in [-0.3, -0.25) is 0 Å². The highest BCUT2D eigenvalue weighted by Crippen LogP contribution is 2.18. The molecule has 0 aromatic heterocycles. The lowest BCUT2D eigenvalue weighted by atomic mass is 10.00. The molecule has 1 aromatic rings. The minimum Gasteiger partial charge on any atom is -0.309 e. The molecule has 0 amide bonds. The number of rotatable bonds is 5. The van der Waals surface area contributed by atoms with E-state index >= 15 is 0 Å². The maximum Gasteiger partial charge on any atom is 0.0411 e. The zero-order valence-corrected chi connectivity index (χ0v) is 11.5. The second-order valence-electron chi connectivity index (χ2n) is 5.12. The summed E-state index contributed by atoms with van der Waals surface area (Å²) in [5, 5.41) is 0.868. The molecule has 0 aliphatic rings. The van der Waals surface area contributed by atoms with Gasteiger partial charge < -0.3 is 4.90 Å². The lowest BCUT2D eigenvalue weighted by Crippen LogP contribution is -2.15. The van der Waals surface area contributed by atoms with Crippen LogP contribution in [0.5, 0.6) is 0 Å². The summed E-state index contributed by atoms with van der Waals surface area (Å²) >= 11 is 6.14. The Kier molecular flexibility index (Phi) is 5.30. The maximum atomic E-state index is 6.14. The van der Waals surface area contributed by atoms with Crippen molar-refractivity contribution in [3.05, 3.63) is 34.3 Å². The highest BCUT2D eigenvalue weighted by Gasteiger charge is 2.03. The third-order valence-electron chi connectivity index (χ3n) is 2.51. The summed E-state index contributed by atoms with van der Waals surface area (Å²) in [4.78, 5) is 2.20. The molecule has 0 spiro atoms. The van der Waals surface area contributed by atoms with Crippen molar-refractivity contribution < 1.29 is 0 Å². The number of halogens is 1. The van der Waals surface area contributed by atoms with Gasteiger partial charge in [-0.1, -0.05) is 31.5 Å². The Bertz CT molecular complexity index is 332. The first-order valence-corrected chi connectivity index (χ1v) is 6.28. The zero-order chi connectivity index (χ0) is 12.1. The average Bonchev–Trinajstić information content (AvgIpc) is 2.12. The van der Waals surface area contributed by atoms with Crippen molar-refractivity contribution in [2.45, 2.75) is 26.7 Å². The first kappa shape index (κ1) is 13.5. The van der Waals surface area contributed by atoms with Crippen LogP contribution >= 0.6 is 11.6 Å². The Morgan fingerprint density at radius 1 is 1.12 bits per heavy atom. The number of benzene rings is 1. The predicted octanol–water partition coefficient (Wildman–Crippen LogP) is 3.64. The van der Waals surface area contributed by atoms with E-state index in [-0.39, 0.29) is 0 Å². The third kappa shape index (κ3) is 5.00. The smallest absolute Gasteiger partial charge is 0.0411 e. The molecular formula is C14H22ClN. The molecule has 0 fully saturated rings. The van der Waals surface area contributed by atoms with Crippen molar-refractivity contribution in [1.29, 1.82) is 0 Å². The molecule has 1 aromatic carbocycles. The summed E-state index contributed by atoms with van der Waals surface area (Å²) in [5.41, 5.74) is 2.70. The predicted molar refractivity (Wildman–Crippen MR) is 72.3 cm³/mol. The quantitative estimate of drug-likeness (QED) is 0.758. The summed E-state index contributed by atoms with van der Waals surface area (Å²) in [6.45, 7) is 5.54. The summed E-state index contributed by atoms with van der Waals surface area (Å²) in [6, 6.07) is 6.45. The first-order chi connectivity index (χ1) is 7.47. The van der Waals surface area contributed by atoms with Crippen molar-refractivity contribution in [2.24, 2.45) is 5.92 Å². The van der Waals surface area contributed by atoms with Crippen LogP contribution in [0, 0.1) is 5.92 Å². The molecule has 0 unspecified atom stereocenters. The van der Waals surface area contributed by atoms with Gasteiger partial charge in [-0.25, -0.2) is 0 Å². The van der Waals surface area contributed by atoms with Gasteiger partial charge >= 0.3 is 0 Å².